The molecule has 0 aromatic heterocycles. The molecule has 1 nitrogen and oxygen atoms in total. The topological polar surface area (TPSA) is 12.4 Å². The standard InChI is InChI=1S/C9H11N/c1-3-9(2)6-4-5-7-10-8-9/h4,6,8H,3H2,1-2H3. The monoisotopic (exact) mass is 133 g/mol. The van der Waals surface area contributed by atoms with E-state index in [1.807, 2.05) is 12.3 Å². The van der Waals surface area contributed by atoms with Crippen LogP contribution in [-0.4, -0.2) is 6.21 Å². The van der Waals surface area contributed by atoms with Crippen molar-refractivity contribution in [2.75, 3.05) is 0 Å². The number of allylic oxidation sites excluding steroid dienone is 2. The first-order valence-electron chi connectivity index (χ1n) is 3.49. The van der Waals surface area contributed by atoms with Crippen LogP contribution in [0, 0.1) is 17.4 Å². The van der Waals surface area contributed by atoms with Crippen LogP contribution in [0.5, 0.6) is 0 Å². The second-order valence-electron chi connectivity index (χ2n) is 2.71. The van der Waals surface area contributed by atoms with E-state index in [1.165, 1.54) is 0 Å². The number of hydrogen-bond acceptors (Lipinski definition) is 1. The predicted octanol–water partition coefficient (Wildman–Crippen LogP) is 2.00. The third-order valence-corrected chi connectivity index (χ3v) is 1.80. The summed E-state index contributed by atoms with van der Waals surface area (Å²) < 4.78 is 0. The van der Waals surface area contributed by atoms with E-state index in [2.05, 4.69) is 36.9 Å². The van der Waals surface area contributed by atoms with Gasteiger partial charge >= 0.3 is 0 Å². The lowest BCUT2D eigenvalue weighted by Gasteiger charge is -2.15. The first kappa shape index (κ1) is 7.08. The van der Waals surface area contributed by atoms with Crippen LogP contribution in [0.2, 0.25) is 0 Å². The normalized spacial score (nSPS) is 29.0. The van der Waals surface area contributed by atoms with Crippen LogP contribution in [0.4, 0.5) is 0 Å². The lowest BCUT2D eigenvalue weighted by atomic mass is 9.89. The molecule has 0 aromatic carbocycles. The fraction of sp³-hybridized carbons (Fsp3) is 0.444. The smallest absolute Gasteiger partial charge is 0.0382 e. The van der Waals surface area contributed by atoms with Gasteiger partial charge in [-0.2, -0.15) is 0 Å². The maximum Gasteiger partial charge on any atom is 0.0382 e. The summed E-state index contributed by atoms with van der Waals surface area (Å²) in [5.41, 5.74) is 0.108. The molecule has 0 bridgehead atoms. The molecule has 0 radical (unpaired) electrons. The zero-order chi connectivity index (χ0) is 7.45. The maximum atomic E-state index is 3.95. The maximum absolute atomic E-state index is 3.95. The van der Waals surface area contributed by atoms with Gasteiger partial charge in [-0.1, -0.05) is 25.8 Å². The molecule has 0 aliphatic carbocycles. The molecule has 1 heterocycles. The molecule has 1 heteroatoms. The van der Waals surface area contributed by atoms with E-state index in [4.69, 9.17) is 0 Å². The lowest BCUT2D eigenvalue weighted by Crippen LogP contribution is -2.12. The Labute approximate surface area is 61.9 Å². The van der Waals surface area contributed by atoms with E-state index in [0.29, 0.717) is 0 Å². The van der Waals surface area contributed by atoms with Crippen molar-refractivity contribution < 1.29 is 0 Å². The second-order valence-corrected chi connectivity index (χ2v) is 2.71. The zero-order valence-electron chi connectivity index (χ0n) is 6.39. The highest BCUT2D eigenvalue weighted by molar-refractivity contribution is 5.70. The van der Waals surface area contributed by atoms with Crippen LogP contribution in [0.1, 0.15) is 20.3 Å². The summed E-state index contributed by atoms with van der Waals surface area (Å²) in [5, 5.41) is 0. The van der Waals surface area contributed by atoms with Crippen LogP contribution < -0.4 is 0 Å². The first-order valence-corrected chi connectivity index (χ1v) is 3.49. The van der Waals surface area contributed by atoms with E-state index in [-0.39, 0.29) is 5.41 Å². The van der Waals surface area contributed by atoms with Gasteiger partial charge in [0.25, 0.3) is 0 Å². The summed E-state index contributed by atoms with van der Waals surface area (Å²) in [6.07, 6.45) is 6.94. The Balaban J connectivity index is 2.83. The Morgan fingerprint density at radius 3 is 3.10 bits per heavy atom. The van der Waals surface area contributed by atoms with Gasteiger partial charge in [-0.25, -0.2) is 4.99 Å². The van der Waals surface area contributed by atoms with Gasteiger partial charge in [0, 0.05) is 17.7 Å². The van der Waals surface area contributed by atoms with Gasteiger partial charge in [-0.15, -0.1) is 0 Å². The third-order valence-electron chi connectivity index (χ3n) is 1.80. The minimum absolute atomic E-state index is 0.108. The Kier molecular flexibility index (Phi) is 1.91. The summed E-state index contributed by atoms with van der Waals surface area (Å²) in [4.78, 5) is 3.95. The molecule has 0 saturated carbocycles. The molecule has 0 saturated heterocycles. The number of nitrogens with zero attached hydrogens (tertiary/aromatic N) is 1. The molecule has 1 unspecified atom stereocenters. The second kappa shape index (κ2) is 2.70. The molecule has 0 fully saturated rings. The number of hydrogen-bond donors (Lipinski definition) is 0. The Hall–Kier alpha value is -1.03. The van der Waals surface area contributed by atoms with Crippen molar-refractivity contribution in [2.24, 2.45) is 10.4 Å². The lowest BCUT2D eigenvalue weighted by molar-refractivity contribution is 0.587. The van der Waals surface area contributed by atoms with Crippen molar-refractivity contribution in [3.63, 3.8) is 0 Å². The molecule has 0 aromatic rings. The SMILES string of the molecule is CCC1(C)C=CC#CN=C1. The van der Waals surface area contributed by atoms with Crippen molar-refractivity contribution in [3.05, 3.63) is 12.2 Å². The highest BCUT2D eigenvalue weighted by Crippen LogP contribution is 2.20. The predicted molar refractivity (Wildman–Crippen MR) is 43.8 cm³/mol. The molecule has 0 spiro atoms. The summed E-state index contributed by atoms with van der Waals surface area (Å²) >= 11 is 0. The van der Waals surface area contributed by atoms with Gasteiger partial charge in [0.1, 0.15) is 0 Å². The third kappa shape index (κ3) is 1.48. The molecule has 1 atom stereocenters. The first-order chi connectivity index (χ1) is 4.77. The minimum Gasteiger partial charge on any atom is -0.209 e. The molecule has 1 rings (SSSR count). The summed E-state index contributed by atoms with van der Waals surface area (Å²) in [5.74, 6) is 2.81. The van der Waals surface area contributed by atoms with Crippen LogP contribution >= 0.6 is 0 Å². The Morgan fingerprint density at radius 2 is 2.40 bits per heavy atom. The van der Waals surface area contributed by atoms with E-state index >= 15 is 0 Å². The molecule has 0 N–H and O–H groups in total. The van der Waals surface area contributed by atoms with Gasteiger partial charge < -0.3 is 0 Å². The van der Waals surface area contributed by atoms with Gasteiger partial charge in [0.15, 0.2) is 0 Å². The van der Waals surface area contributed by atoms with Crippen molar-refractivity contribution in [2.45, 2.75) is 20.3 Å². The molecule has 52 valence electrons. The molecule has 1 aliphatic rings. The largest absolute Gasteiger partial charge is 0.209 e. The van der Waals surface area contributed by atoms with E-state index in [0.717, 1.165) is 6.42 Å². The van der Waals surface area contributed by atoms with Crippen molar-refractivity contribution in [1.29, 1.82) is 0 Å². The fourth-order valence-corrected chi connectivity index (χ4v) is 0.738. The highest BCUT2D eigenvalue weighted by Gasteiger charge is 2.14. The number of rotatable bonds is 1. The van der Waals surface area contributed by atoms with E-state index < -0.39 is 0 Å². The van der Waals surface area contributed by atoms with Gasteiger partial charge in [0.05, 0.1) is 0 Å². The van der Waals surface area contributed by atoms with Crippen molar-refractivity contribution in [1.82, 2.24) is 0 Å². The van der Waals surface area contributed by atoms with Crippen LogP contribution in [0.25, 0.3) is 0 Å². The molecular weight excluding hydrogens is 122 g/mol. The van der Waals surface area contributed by atoms with E-state index in [1.54, 1.807) is 0 Å². The van der Waals surface area contributed by atoms with Crippen LogP contribution in [-0.2, 0) is 0 Å². The number of aliphatic imine (C=N–C) groups is 1. The molecule has 1 aliphatic heterocycles. The Bertz CT molecular complexity index is 207. The van der Waals surface area contributed by atoms with Crippen LogP contribution in [0.3, 0.4) is 0 Å². The van der Waals surface area contributed by atoms with Gasteiger partial charge in [0.2, 0.25) is 0 Å². The molecule has 0 amide bonds. The van der Waals surface area contributed by atoms with Gasteiger partial charge in [-0.05, 0) is 12.5 Å². The summed E-state index contributed by atoms with van der Waals surface area (Å²) in [7, 11) is 0. The van der Waals surface area contributed by atoms with Crippen LogP contribution in [0.15, 0.2) is 17.1 Å². The summed E-state index contributed by atoms with van der Waals surface area (Å²) in [6.45, 7) is 4.28. The molecular formula is C9H11N. The van der Waals surface area contributed by atoms with E-state index in [9.17, 15) is 0 Å². The highest BCUT2D eigenvalue weighted by atomic mass is 14.7. The average Bonchev–Trinajstić information content (AvgIpc) is 2.15. The fourth-order valence-electron chi connectivity index (χ4n) is 0.738. The minimum atomic E-state index is 0.108. The molecule has 10 heavy (non-hydrogen) atoms. The average molecular weight is 133 g/mol. The Morgan fingerprint density at radius 1 is 1.60 bits per heavy atom. The van der Waals surface area contributed by atoms with Crippen molar-refractivity contribution >= 4 is 6.21 Å². The van der Waals surface area contributed by atoms with Crippen molar-refractivity contribution in [3.8, 4) is 12.0 Å². The summed E-state index contributed by atoms with van der Waals surface area (Å²) in [6, 6.07) is 2.67. The zero-order valence-corrected chi connectivity index (χ0v) is 6.39. The van der Waals surface area contributed by atoms with Gasteiger partial charge in [-0.3, -0.25) is 0 Å². The quantitative estimate of drug-likeness (QED) is 0.485.